The van der Waals surface area contributed by atoms with E-state index in [2.05, 4.69) is 20.2 Å². The zero-order valence-corrected chi connectivity index (χ0v) is 19.3. The number of carbonyl (C=O) groups is 1. The number of benzene rings is 1. The smallest absolute Gasteiger partial charge is 0.220 e. The molecular formula is C26H32N4O4. The van der Waals surface area contributed by atoms with Gasteiger partial charge in [-0.25, -0.2) is 4.98 Å². The molecule has 5 atom stereocenters. The van der Waals surface area contributed by atoms with Crippen molar-refractivity contribution in [3.8, 4) is 11.5 Å². The number of amides is 1. The predicted octanol–water partition coefficient (Wildman–Crippen LogP) is 1.80. The first-order valence-corrected chi connectivity index (χ1v) is 12.8. The lowest BCUT2D eigenvalue weighted by Crippen LogP contribution is -2.78. The van der Waals surface area contributed by atoms with Crippen molar-refractivity contribution < 1.29 is 19.7 Å². The van der Waals surface area contributed by atoms with E-state index in [9.17, 15) is 15.0 Å². The Bertz CT molecular complexity index is 1130. The number of aryl methyl sites for hydroxylation is 1. The molecule has 1 amide bonds. The van der Waals surface area contributed by atoms with Crippen LogP contribution in [-0.4, -0.2) is 67.9 Å². The summed E-state index contributed by atoms with van der Waals surface area (Å²) in [5, 5.41) is 26.4. The van der Waals surface area contributed by atoms with Gasteiger partial charge in [0.15, 0.2) is 11.5 Å². The number of aromatic nitrogens is 2. The van der Waals surface area contributed by atoms with Crippen LogP contribution in [0.1, 0.15) is 55.5 Å². The van der Waals surface area contributed by atoms with Gasteiger partial charge in [0, 0.05) is 43.4 Å². The summed E-state index contributed by atoms with van der Waals surface area (Å²) in [6, 6.07) is 3.58. The highest BCUT2D eigenvalue weighted by molar-refractivity contribution is 5.77. The first-order chi connectivity index (χ1) is 16.5. The number of phenolic OH excluding ortho intramolecular Hbond substituents is 1. The summed E-state index contributed by atoms with van der Waals surface area (Å²) in [6.45, 7) is 1.97. The fourth-order valence-electron chi connectivity index (χ4n) is 7.57. The van der Waals surface area contributed by atoms with Crippen LogP contribution in [-0.2, 0) is 23.1 Å². The molecule has 1 aromatic carbocycles. The topological polar surface area (TPSA) is 111 Å². The van der Waals surface area contributed by atoms with Crippen LogP contribution in [0.4, 0.5) is 0 Å². The number of nitrogens with zero attached hydrogens (tertiary/aromatic N) is 2. The number of nitrogens with one attached hydrogen (secondary N) is 2. The third-order valence-electron chi connectivity index (χ3n) is 9.25. The first kappa shape index (κ1) is 20.8. The molecule has 1 aromatic heterocycles. The van der Waals surface area contributed by atoms with Crippen molar-refractivity contribution in [2.24, 2.45) is 5.92 Å². The highest BCUT2D eigenvalue weighted by Gasteiger charge is 2.73. The Balaban J connectivity index is 1.22. The lowest BCUT2D eigenvalue weighted by atomic mass is 9.48. The van der Waals surface area contributed by atoms with Gasteiger partial charge in [-0.2, -0.15) is 0 Å². The molecule has 3 heterocycles. The maximum atomic E-state index is 12.9. The molecule has 1 saturated heterocycles. The van der Waals surface area contributed by atoms with E-state index >= 15 is 0 Å². The Morgan fingerprint density at radius 1 is 1.29 bits per heavy atom. The molecule has 0 radical (unpaired) electrons. The van der Waals surface area contributed by atoms with Crippen LogP contribution in [0.15, 0.2) is 24.5 Å². The van der Waals surface area contributed by atoms with Gasteiger partial charge in [0.05, 0.1) is 17.1 Å². The number of imidazole rings is 1. The average molecular weight is 465 g/mol. The highest BCUT2D eigenvalue weighted by atomic mass is 16.5. The Morgan fingerprint density at radius 2 is 2.18 bits per heavy atom. The quantitative estimate of drug-likeness (QED) is 0.519. The van der Waals surface area contributed by atoms with E-state index < -0.39 is 11.0 Å². The lowest BCUT2D eigenvalue weighted by molar-refractivity contribution is -0.192. The summed E-state index contributed by atoms with van der Waals surface area (Å²) in [4.78, 5) is 22.7. The molecule has 2 aromatic rings. The van der Waals surface area contributed by atoms with Gasteiger partial charge in [-0.1, -0.05) is 6.07 Å². The second kappa shape index (κ2) is 7.21. The molecule has 180 valence electrons. The Morgan fingerprint density at radius 3 is 2.97 bits per heavy atom. The molecule has 34 heavy (non-hydrogen) atoms. The maximum absolute atomic E-state index is 12.9. The number of ether oxygens (including phenoxy) is 1. The summed E-state index contributed by atoms with van der Waals surface area (Å²) in [6.07, 6.45) is 9.39. The zero-order valence-electron chi connectivity index (χ0n) is 19.3. The molecule has 8 nitrogen and oxygen atoms in total. The van der Waals surface area contributed by atoms with Gasteiger partial charge < -0.3 is 25.3 Å². The van der Waals surface area contributed by atoms with Crippen molar-refractivity contribution in [2.45, 2.75) is 80.6 Å². The van der Waals surface area contributed by atoms with Crippen LogP contribution in [0.25, 0.3) is 0 Å². The third-order valence-corrected chi connectivity index (χ3v) is 9.25. The number of H-pyrrole nitrogens is 1. The Hall–Kier alpha value is -2.58. The molecule has 4 N–H and O–H groups in total. The van der Waals surface area contributed by atoms with Crippen molar-refractivity contribution in [1.29, 1.82) is 0 Å². The van der Waals surface area contributed by atoms with Crippen molar-refractivity contribution in [2.75, 3.05) is 13.1 Å². The second-order valence-corrected chi connectivity index (χ2v) is 11.0. The van der Waals surface area contributed by atoms with E-state index in [-0.39, 0.29) is 29.8 Å². The van der Waals surface area contributed by atoms with Gasteiger partial charge in [-0.15, -0.1) is 0 Å². The van der Waals surface area contributed by atoms with E-state index in [0.29, 0.717) is 31.4 Å². The van der Waals surface area contributed by atoms with Gasteiger partial charge in [0.1, 0.15) is 11.9 Å². The number of aliphatic hydroxyl groups is 1. The number of carbonyl (C=O) groups excluding carboxylic acids is 1. The lowest BCUT2D eigenvalue weighted by Gasteiger charge is -2.64. The van der Waals surface area contributed by atoms with Crippen LogP contribution >= 0.6 is 0 Å². The molecule has 7 rings (SSSR count). The average Bonchev–Trinajstić information content (AvgIpc) is 3.33. The normalized spacial score (nSPS) is 35.5. The molecule has 3 fully saturated rings. The minimum Gasteiger partial charge on any atom is -0.504 e. The number of hydrogen-bond acceptors (Lipinski definition) is 6. The van der Waals surface area contributed by atoms with Gasteiger partial charge in [0.25, 0.3) is 0 Å². The number of rotatable bonds is 6. The zero-order chi connectivity index (χ0) is 23.1. The summed E-state index contributed by atoms with van der Waals surface area (Å²) in [5.74, 6) is 2.17. The summed E-state index contributed by atoms with van der Waals surface area (Å²) >= 11 is 0. The van der Waals surface area contributed by atoms with Crippen molar-refractivity contribution in [3.63, 3.8) is 0 Å². The maximum Gasteiger partial charge on any atom is 0.220 e. The fraction of sp³-hybridized carbons (Fsp3) is 0.615. The molecule has 0 unspecified atom stereocenters. The standard InChI is InChI=1S/C26H32N4O4/c31-18-4-3-16-13-19-26(33)8-7-17(29-21(32)6-5-20-27-10-11-28-20)24-25(26,22(16)23(18)34-24)9-12-30(19)14-15-1-2-15/h3-4,10-11,15,17,19,24,31,33H,1-2,5-9,12-14H2,(H,27,28)(H,29,32)/t17-,19-,24+,25+,26-/m1/s1. The van der Waals surface area contributed by atoms with Crippen molar-refractivity contribution in [3.05, 3.63) is 41.5 Å². The molecular weight excluding hydrogens is 432 g/mol. The van der Waals surface area contributed by atoms with Gasteiger partial charge in [-0.05, 0) is 62.6 Å². The van der Waals surface area contributed by atoms with E-state index in [1.54, 1.807) is 18.5 Å². The second-order valence-electron chi connectivity index (χ2n) is 11.0. The minimum absolute atomic E-state index is 0.0363. The van der Waals surface area contributed by atoms with Crippen molar-refractivity contribution >= 4 is 5.91 Å². The summed E-state index contributed by atoms with van der Waals surface area (Å²) in [7, 11) is 0. The highest BCUT2D eigenvalue weighted by Crippen LogP contribution is 2.65. The molecule has 2 bridgehead atoms. The monoisotopic (exact) mass is 464 g/mol. The number of hydrogen-bond donors (Lipinski definition) is 4. The molecule has 2 saturated carbocycles. The van der Waals surface area contributed by atoms with Gasteiger partial charge in [0.2, 0.25) is 5.91 Å². The van der Waals surface area contributed by atoms with Crippen LogP contribution < -0.4 is 10.1 Å². The van der Waals surface area contributed by atoms with Gasteiger partial charge in [-0.3, -0.25) is 9.69 Å². The molecule has 8 heteroatoms. The predicted molar refractivity (Wildman–Crippen MR) is 124 cm³/mol. The van der Waals surface area contributed by atoms with Crippen molar-refractivity contribution in [1.82, 2.24) is 20.2 Å². The third kappa shape index (κ3) is 2.78. The number of likely N-dealkylation sites (tertiary alicyclic amines) is 1. The van der Waals surface area contributed by atoms with Crippen LogP contribution in [0.2, 0.25) is 0 Å². The molecule has 3 aliphatic carbocycles. The molecule has 5 aliphatic rings. The van der Waals surface area contributed by atoms with E-state index in [1.165, 1.54) is 18.4 Å². The van der Waals surface area contributed by atoms with E-state index in [0.717, 1.165) is 43.2 Å². The number of aromatic hydroxyl groups is 1. The van der Waals surface area contributed by atoms with Crippen LogP contribution in [0.5, 0.6) is 11.5 Å². The Labute approximate surface area is 198 Å². The fourth-order valence-corrected chi connectivity index (χ4v) is 7.57. The van der Waals surface area contributed by atoms with Gasteiger partial charge >= 0.3 is 0 Å². The summed E-state index contributed by atoms with van der Waals surface area (Å²) < 4.78 is 6.51. The van der Waals surface area contributed by atoms with E-state index in [4.69, 9.17) is 4.74 Å². The number of aromatic amines is 1. The van der Waals surface area contributed by atoms with Crippen LogP contribution in [0.3, 0.4) is 0 Å². The molecule has 2 aliphatic heterocycles. The number of phenols is 1. The number of piperidine rings is 1. The SMILES string of the molecule is O=C(CCc1ncc[nH]1)N[C@@H]1CC[C@@]2(O)[C@H]3Cc4ccc(O)c5c4[C@@]2(CCN3CC2CC2)[C@H]1O5. The minimum atomic E-state index is -0.924. The van der Waals surface area contributed by atoms with Crippen LogP contribution in [0, 0.1) is 5.92 Å². The first-order valence-electron chi connectivity index (χ1n) is 12.8. The Kier molecular flexibility index (Phi) is 4.40. The van der Waals surface area contributed by atoms with E-state index in [1.807, 2.05) is 6.07 Å². The molecule has 1 spiro atoms. The summed E-state index contributed by atoms with van der Waals surface area (Å²) in [5.41, 5.74) is 0.648. The largest absolute Gasteiger partial charge is 0.504 e.